The molecule has 0 aliphatic carbocycles. The summed E-state index contributed by atoms with van der Waals surface area (Å²) in [5.41, 5.74) is 1.12. The first kappa shape index (κ1) is 14.6. The van der Waals surface area contributed by atoms with E-state index in [-0.39, 0.29) is 5.54 Å². The Labute approximate surface area is 127 Å². The van der Waals surface area contributed by atoms with E-state index < -0.39 is 0 Å². The SMILES string of the molecule is CC1(C(=O)N2CCC(Cc3ccccc3)CC2)CCCN1. The van der Waals surface area contributed by atoms with Crippen LogP contribution in [0.4, 0.5) is 0 Å². The highest BCUT2D eigenvalue weighted by atomic mass is 16.2. The summed E-state index contributed by atoms with van der Waals surface area (Å²) in [5, 5.41) is 3.39. The van der Waals surface area contributed by atoms with Crippen LogP contribution in [-0.2, 0) is 11.2 Å². The maximum Gasteiger partial charge on any atom is 0.242 e. The van der Waals surface area contributed by atoms with Gasteiger partial charge in [-0.25, -0.2) is 0 Å². The van der Waals surface area contributed by atoms with Gasteiger partial charge in [-0.1, -0.05) is 30.3 Å². The van der Waals surface area contributed by atoms with Gasteiger partial charge in [-0.15, -0.1) is 0 Å². The van der Waals surface area contributed by atoms with E-state index in [4.69, 9.17) is 0 Å². The molecule has 0 aromatic heterocycles. The van der Waals surface area contributed by atoms with E-state index in [2.05, 4.69) is 47.5 Å². The number of carbonyl (C=O) groups is 1. The molecule has 2 aliphatic rings. The molecule has 2 heterocycles. The van der Waals surface area contributed by atoms with Gasteiger partial charge < -0.3 is 10.2 Å². The standard InChI is InChI=1S/C18H26N2O/c1-18(10-5-11-19-18)17(21)20-12-8-16(9-13-20)14-15-6-3-2-4-7-15/h2-4,6-7,16,19H,5,8-14H2,1H3. The lowest BCUT2D eigenvalue weighted by Gasteiger charge is -2.37. The largest absolute Gasteiger partial charge is 0.341 e. The number of hydrogen-bond donors (Lipinski definition) is 1. The maximum absolute atomic E-state index is 12.7. The summed E-state index contributed by atoms with van der Waals surface area (Å²) in [6.45, 7) is 4.90. The molecule has 0 bridgehead atoms. The van der Waals surface area contributed by atoms with E-state index >= 15 is 0 Å². The molecule has 2 fully saturated rings. The average molecular weight is 286 g/mol. The monoisotopic (exact) mass is 286 g/mol. The van der Waals surface area contributed by atoms with Crippen LogP contribution in [0, 0.1) is 5.92 Å². The van der Waals surface area contributed by atoms with Crippen molar-refractivity contribution in [1.29, 1.82) is 0 Å². The molecule has 114 valence electrons. The quantitative estimate of drug-likeness (QED) is 0.926. The van der Waals surface area contributed by atoms with E-state index in [0.29, 0.717) is 5.91 Å². The number of carbonyl (C=O) groups excluding carboxylic acids is 1. The lowest BCUT2D eigenvalue weighted by molar-refractivity contribution is -0.138. The Bertz CT molecular complexity index is 471. The van der Waals surface area contributed by atoms with Crippen molar-refractivity contribution in [2.24, 2.45) is 5.92 Å². The predicted molar refractivity (Wildman–Crippen MR) is 85.1 cm³/mol. The second-order valence-electron chi connectivity index (χ2n) is 6.79. The minimum Gasteiger partial charge on any atom is -0.341 e. The fraction of sp³-hybridized carbons (Fsp3) is 0.611. The van der Waals surface area contributed by atoms with Crippen molar-refractivity contribution < 1.29 is 4.79 Å². The third-order valence-corrected chi connectivity index (χ3v) is 5.11. The van der Waals surface area contributed by atoms with Gasteiger partial charge in [-0.3, -0.25) is 4.79 Å². The van der Waals surface area contributed by atoms with E-state index in [9.17, 15) is 4.79 Å². The van der Waals surface area contributed by atoms with Crippen LogP contribution in [0.3, 0.4) is 0 Å². The molecule has 3 rings (SSSR count). The second kappa shape index (κ2) is 6.18. The lowest BCUT2D eigenvalue weighted by Crippen LogP contribution is -2.54. The highest BCUT2D eigenvalue weighted by molar-refractivity contribution is 5.86. The van der Waals surface area contributed by atoms with Gasteiger partial charge >= 0.3 is 0 Å². The Morgan fingerprint density at radius 3 is 2.62 bits per heavy atom. The zero-order valence-corrected chi connectivity index (χ0v) is 13.0. The van der Waals surface area contributed by atoms with Crippen molar-refractivity contribution >= 4 is 5.91 Å². The molecule has 1 unspecified atom stereocenters. The van der Waals surface area contributed by atoms with Gasteiger partial charge in [0, 0.05) is 13.1 Å². The van der Waals surface area contributed by atoms with Crippen molar-refractivity contribution in [3.05, 3.63) is 35.9 Å². The molecule has 0 radical (unpaired) electrons. The van der Waals surface area contributed by atoms with E-state index in [1.54, 1.807) is 0 Å². The molecular weight excluding hydrogens is 260 g/mol. The molecule has 1 N–H and O–H groups in total. The number of rotatable bonds is 3. The molecule has 2 aliphatic heterocycles. The molecule has 1 aromatic rings. The summed E-state index contributed by atoms with van der Waals surface area (Å²) in [7, 11) is 0. The number of hydrogen-bond acceptors (Lipinski definition) is 2. The molecule has 3 heteroatoms. The van der Waals surface area contributed by atoms with Crippen molar-refractivity contribution in [2.45, 2.75) is 44.6 Å². The number of likely N-dealkylation sites (tertiary alicyclic amines) is 1. The third kappa shape index (κ3) is 3.29. The Morgan fingerprint density at radius 1 is 1.29 bits per heavy atom. The molecule has 0 saturated carbocycles. The predicted octanol–water partition coefficient (Wildman–Crippen LogP) is 2.61. The van der Waals surface area contributed by atoms with Crippen LogP contribution in [0.25, 0.3) is 0 Å². The normalized spacial score (nSPS) is 27.0. The lowest BCUT2D eigenvalue weighted by atomic mass is 9.89. The number of nitrogens with zero attached hydrogens (tertiary/aromatic N) is 1. The first-order chi connectivity index (χ1) is 10.2. The summed E-state index contributed by atoms with van der Waals surface area (Å²) >= 11 is 0. The first-order valence-corrected chi connectivity index (χ1v) is 8.26. The van der Waals surface area contributed by atoms with Crippen molar-refractivity contribution in [1.82, 2.24) is 10.2 Å². The van der Waals surface area contributed by atoms with Crippen LogP contribution in [0.5, 0.6) is 0 Å². The van der Waals surface area contributed by atoms with Crippen molar-refractivity contribution in [3.8, 4) is 0 Å². The molecule has 0 spiro atoms. The summed E-state index contributed by atoms with van der Waals surface area (Å²) < 4.78 is 0. The van der Waals surface area contributed by atoms with Gasteiger partial charge in [0.2, 0.25) is 5.91 Å². The smallest absolute Gasteiger partial charge is 0.242 e. The van der Waals surface area contributed by atoms with Crippen molar-refractivity contribution in [3.63, 3.8) is 0 Å². The molecule has 1 amide bonds. The maximum atomic E-state index is 12.7. The Kier molecular flexibility index (Phi) is 4.29. The second-order valence-corrected chi connectivity index (χ2v) is 6.79. The number of piperidine rings is 1. The molecule has 3 nitrogen and oxygen atoms in total. The highest BCUT2D eigenvalue weighted by Gasteiger charge is 2.39. The third-order valence-electron chi connectivity index (χ3n) is 5.11. The van der Waals surface area contributed by atoms with Crippen LogP contribution < -0.4 is 5.32 Å². The van der Waals surface area contributed by atoms with Gasteiger partial charge in [0.05, 0.1) is 5.54 Å². The summed E-state index contributed by atoms with van der Waals surface area (Å²) in [4.78, 5) is 14.7. The fourth-order valence-corrected chi connectivity index (χ4v) is 3.71. The van der Waals surface area contributed by atoms with Gasteiger partial charge in [0.1, 0.15) is 0 Å². The minimum atomic E-state index is -0.299. The van der Waals surface area contributed by atoms with E-state index in [1.165, 1.54) is 5.56 Å². The van der Waals surface area contributed by atoms with Gasteiger partial charge in [-0.2, -0.15) is 0 Å². The summed E-state index contributed by atoms with van der Waals surface area (Å²) in [6, 6.07) is 10.7. The van der Waals surface area contributed by atoms with Crippen LogP contribution in [0.15, 0.2) is 30.3 Å². The van der Waals surface area contributed by atoms with Crippen molar-refractivity contribution in [2.75, 3.05) is 19.6 Å². The zero-order valence-electron chi connectivity index (χ0n) is 13.0. The van der Waals surface area contributed by atoms with Gasteiger partial charge in [-0.05, 0) is 57.1 Å². The van der Waals surface area contributed by atoms with E-state index in [0.717, 1.165) is 57.7 Å². The van der Waals surface area contributed by atoms with Crippen LogP contribution in [0.1, 0.15) is 38.2 Å². The number of benzene rings is 1. The Morgan fingerprint density at radius 2 is 2.00 bits per heavy atom. The summed E-state index contributed by atoms with van der Waals surface area (Å²) in [6.07, 6.45) is 5.52. The molecular formula is C18H26N2O. The minimum absolute atomic E-state index is 0.299. The fourth-order valence-electron chi connectivity index (χ4n) is 3.71. The molecule has 1 atom stereocenters. The topological polar surface area (TPSA) is 32.3 Å². The zero-order chi connectivity index (χ0) is 14.7. The van der Waals surface area contributed by atoms with E-state index in [1.807, 2.05) is 0 Å². The van der Waals surface area contributed by atoms with Gasteiger partial charge in [0.25, 0.3) is 0 Å². The van der Waals surface area contributed by atoms with Crippen LogP contribution in [-0.4, -0.2) is 36.0 Å². The average Bonchev–Trinajstić information content (AvgIpc) is 2.96. The van der Waals surface area contributed by atoms with Gasteiger partial charge in [0.15, 0.2) is 0 Å². The Balaban J connectivity index is 1.52. The summed E-state index contributed by atoms with van der Waals surface area (Å²) in [5.74, 6) is 1.04. The number of amides is 1. The molecule has 21 heavy (non-hydrogen) atoms. The molecule has 1 aromatic carbocycles. The number of nitrogens with one attached hydrogen (secondary N) is 1. The van der Waals surface area contributed by atoms with Crippen LogP contribution in [0.2, 0.25) is 0 Å². The van der Waals surface area contributed by atoms with Crippen LogP contribution >= 0.6 is 0 Å². The molecule has 2 saturated heterocycles. The highest BCUT2D eigenvalue weighted by Crippen LogP contribution is 2.26. The first-order valence-electron chi connectivity index (χ1n) is 8.26. The Hall–Kier alpha value is -1.35.